The van der Waals surface area contributed by atoms with Gasteiger partial charge in [0.25, 0.3) is 0 Å². The molecule has 4 nitrogen and oxygen atoms in total. The second kappa shape index (κ2) is 6.35. The minimum atomic E-state index is -0.723. The lowest BCUT2D eigenvalue weighted by Gasteiger charge is -2.33. The number of aliphatic carboxylic acids is 1. The van der Waals surface area contributed by atoms with Gasteiger partial charge in [0.05, 0.1) is 6.61 Å². The van der Waals surface area contributed by atoms with Gasteiger partial charge in [0.15, 0.2) is 0 Å². The van der Waals surface area contributed by atoms with E-state index in [2.05, 4.69) is 5.32 Å². The largest absolute Gasteiger partial charge is 0.480 e. The van der Waals surface area contributed by atoms with Gasteiger partial charge in [-0.3, -0.25) is 10.1 Å². The van der Waals surface area contributed by atoms with Crippen LogP contribution < -0.4 is 5.32 Å². The first-order valence-corrected chi connectivity index (χ1v) is 6.50. The molecule has 0 atom stereocenters. The van der Waals surface area contributed by atoms with Gasteiger partial charge in [-0.05, 0) is 31.3 Å². The van der Waals surface area contributed by atoms with Crippen LogP contribution in [0.4, 0.5) is 0 Å². The molecule has 1 aliphatic rings. The highest BCUT2D eigenvalue weighted by Crippen LogP contribution is 2.27. The van der Waals surface area contributed by atoms with Crippen LogP contribution in [0.5, 0.6) is 0 Å². The molecular formula is C10H19NO3S. The molecule has 88 valence electrons. The molecule has 0 aromatic rings. The molecule has 0 bridgehead atoms. The lowest BCUT2D eigenvalue weighted by Crippen LogP contribution is -2.55. The molecule has 0 aromatic carbocycles. The van der Waals surface area contributed by atoms with Crippen LogP contribution in [-0.4, -0.2) is 47.9 Å². The molecule has 1 rings (SSSR count). The second-order valence-electron chi connectivity index (χ2n) is 3.62. The van der Waals surface area contributed by atoms with E-state index in [0.29, 0.717) is 32.6 Å². The van der Waals surface area contributed by atoms with E-state index in [4.69, 9.17) is 4.74 Å². The summed E-state index contributed by atoms with van der Waals surface area (Å²) in [7, 11) is 0. The van der Waals surface area contributed by atoms with Crippen molar-refractivity contribution >= 4 is 17.7 Å². The Morgan fingerprint density at radius 3 is 2.73 bits per heavy atom. The van der Waals surface area contributed by atoms with Crippen LogP contribution in [0, 0.1) is 0 Å². The zero-order valence-corrected chi connectivity index (χ0v) is 9.94. The SMILES string of the molecule is CCOCCNC1(C(=O)O)CCSCC1. The lowest BCUT2D eigenvalue weighted by atomic mass is 9.92. The zero-order chi connectivity index (χ0) is 11.1. The molecule has 0 spiro atoms. The smallest absolute Gasteiger partial charge is 0.323 e. The molecule has 1 heterocycles. The van der Waals surface area contributed by atoms with Crippen molar-refractivity contribution in [2.24, 2.45) is 0 Å². The summed E-state index contributed by atoms with van der Waals surface area (Å²) in [4.78, 5) is 11.2. The van der Waals surface area contributed by atoms with Gasteiger partial charge in [0, 0.05) is 13.2 Å². The van der Waals surface area contributed by atoms with Crippen LogP contribution in [0.25, 0.3) is 0 Å². The number of carboxylic acid groups (broad SMARTS) is 1. The van der Waals surface area contributed by atoms with Crippen molar-refractivity contribution in [3.63, 3.8) is 0 Å². The summed E-state index contributed by atoms with van der Waals surface area (Å²) in [5.41, 5.74) is -0.706. The number of thioether (sulfide) groups is 1. The van der Waals surface area contributed by atoms with E-state index in [1.165, 1.54) is 0 Å². The summed E-state index contributed by atoms with van der Waals surface area (Å²) < 4.78 is 5.19. The van der Waals surface area contributed by atoms with Gasteiger partial charge in [-0.15, -0.1) is 0 Å². The van der Waals surface area contributed by atoms with Crippen LogP contribution in [-0.2, 0) is 9.53 Å². The van der Waals surface area contributed by atoms with E-state index in [1.807, 2.05) is 18.7 Å². The normalized spacial score (nSPS) is 20.1. The van der Waals surface area contributed by atoms with Crippen LogP contribution in [0.3, 0.4) is 0 Å². The molecule has 0 unspecified atom stereocenters. The summed E-state index contributed by atoms with van der Waals surface area (Å²) in [5.74, 6) is 1.13. The Morgan fingerprint density at radius 1 is 1.53 bits per heavy atom. The number of ether oxygens (including phenoxy) is 1. The van der Waals surface area contributed by atoms with Crippen molar-refractivity contribution in [3.05, 3.63) is 0 Å². The first-order valence-electron chi connectivity index (χ1n) is 5.35. The molecule has 0 aromatic heterocycles. The average Bonchev–Trinajstić information content (AvgIpc) is 2.26. The van der Waals surface area contributed by atoms with E-state index in [0.717, 1.165) is 11.5 Å². The minimum Gasteiger partial charge on any atom is -0.480 e. The maximum atomic E-state index is 11.2. The third kappa shape index (κ3) is 3.66. The van der Waals surface area contributed by atoms with Crippen LogP contribution in [0.2, 0.25) is 0 Å². The van der Waals surface area contributed by atoms with E-state index in [1.54, 1.807) is 0 Å². The van der Waals surface area contributed by atoms with Crippen LogP contribution in [0.1, 0.15) is 19.8 Å². The van der Waals surface area contributed by atoms with Crippen molar-refractivity contribution in [2.45, 2.75) is 25.3 Å². The Hall–Kier alpha value is -0.260. The van der Waals surface area contributed by atoms with Crippen LogP contribution in [0.15, 0.2) is 0 Å². The maximum absolute atomic E-state index is 11.2. The topological polar surface area (TPSA) is 58.6 Å². The number of rotatable bonds is 6. The maximum Gasteiger partial charge on any atom is 0.323 e. The summed E-state index contributed by atoms with van der Waals surface area (Å²) in [6.45, 7) is 3.81. The Balaban J connectivity index is 2.39. The molecule has 0 amide bonds. The summed E-state index contributed by atoms with van der Waals surface area (Å²) in [6, 6.07) is 0. The summed E-state index contributed by atoms with van der Waals surface area (Å²) in [6.07, 6.45) is 1.41. The Kier molecular flexibility index (Phi) is 5.42. The number of hydrogen-bond acceptors (Lipinski definition) is 4. The van der Waals surface area contributed by atoms with Crippen molar-refractivity contribution < 1.29 is 14.6 Å². The minimum absolute atomic E-state index is 0.582. The molecule has 0 radical (unpaired) electrons. The van der Waals surface area contributed by atoms with E-state index in [9.17, 15) is 9.90 Å². The first kappa shape index (κ1) is 12.8. The van der Waals surface area contributed by atoms with Gasteiger partial charge in [0.2, 0.25) is 0 Å². The third-order valence-electron chi connectivity index (χ3n) is 2.67. The molecule has 5 heteroatoms. The number of carboxylic acids is 1. The fourth-order valence-corrected chi connectivity index (χ4v) is 2.88. The highest BCUT2D eigenvalue weighted by molar-refractivity contribution is 7.99. The Bertz CT molecular complexity index is 205. The van der Waals surface area contributed by atoms with Gasteiger partial charge in [-0.2, -0.15) is 11.8 Å². The predicted molar refractivity (Wildman–Crippen MR) is 61.4 cm³/mol. The van der Waals surface area contributed by atoms with E-state index < -0.39 is 11.5 Å². The van der Waals surface area contributed by atoms with Gasteiger partial charge < -0.3 is 9.84 Å². The first-order chi connectivity index (χ1) is 7.21. The number of hydrogen-bond donors (Lipinski definition) is 2. The second-order valence-corrected chi connectivity index (χ2v) is 4.85. The van der Waals surface area contributed by atoms with Crippen molar-refractivity contribution in [1.29, 1.82) is 0 Å². The standard InChI is InChI=1S/C10H19NO3S/c1-2-14-6-5-11-10(9(12)13)3-7-15-8-4-10/h11H,2-8H2,1H3,(H,12,13). The van der Waals surface area contributed by atoms with Crippen molar-refractivity contribution in [2.75, 3.05) is 31.3 Å². The molecule has 0 aliphatic carbocycles. The number of carbonyl (C=O) groups is 1. The highest BCUT2D eigenvalue weighted by Gasteiger charge is 2.39. The quantitative estimate of drug-likeness (QED) is 0.669. The molecular weight excluding hydrogens is 214 g/mol. The lowest BCUT2D eigenvalue weighted by molar-refractivity contribution is -0.145. The Labute approximate surface area is 94.8 Å². The van der Waals surface area contributed by atoms with Gasteiger partial charge in [-0.25, -0.2) is 0 Å². The molecule has 2 N–H and O–H groups in total. The fraction of sp³-hybridized carbons (Fsp3) is 0.900. The fourth-order valence-electron chi connectivity index (χ4n) is 1.69. The number of nitrogens with one attached hydrogen (secondary N) is 1. The predicted octanol–water partition coefficient (Wildman–Crippen LogP) is 0.963. The van der Waals surface area contributed by atoms with Crippen molar-refractivity contribution in [1.82, 2.24) is 5.32 Å². The monoisotopic (exact) mass is 233 g/mol. The molecule has 1 aliphatic heterocycles. The summed E-state index contributed by atoms with van der Waals surface area (Å²) >= 11 is 1.82. The zero-order valence-electron chi connectivity index (χ0n) is 9.12. The van der Waals surface area contributed by atoms with E-state index in [-0.39, 0.29) is 0 Å². The van der Waals surface area contributed by atoms with Crippen LogP contribution >= 0.6 is 11.8 Å². The molecule has 0 saturated carbocycles. The van der Waals surface area contributed by atoms with Gasteiger partial charge >= 0.3 is 5.97 Å². The van der Waals surface area contributed by atoms with Crippen molar-refractivity contribution in [3.8, 4) is 0 Å². The highest BCUT2D eigenvalue weighted by atomic mass is 32.2. The molecule has 1 saturated heterocycles. The van der Waals surface area contributed by atoms with Gasteiger partial charge in [0.1, 0.15) is 5.54 Å². The van der Waals surface area contributed by atoms with Gasteiger partial charge in [-0.1, -0.05) is 0 Å². The molecule has 15 heavy (non-hydrogen) atoms. The summed E-state index contributed by atoms with van der Waals surface area (Å²) in [5, 5.41) is 12.4. The molecule has 1 fully saturated rings. The third-order valence-corrected chi connectivity index (χ3v) is 3.66. The van der Waals surface area contributed by atoms with E-state index >= 15 is 0 Å². The average molecular weight is 233 g/mol. The Morgan fingerprint density at radius 2 is 2.20 bits per heavy atom.